The molecule has 1 rings (SSSR count). The van der Waals surface area contributed by atoms with Crippen LogP contribution in [-0.4, -0.2) is 27.7 Å². The number of hydrogen-bond acceptors (Lipinski definition) is 4. The first-order chi connectivity index (χ1) is 7.06. The molecule has 0 aliphatic heterocycles. The zero-order valence-electron chi connectivity index (χ0n) is 8.56. The lowest BCUT2D eigenvalue weighted by Crippen LogP contribution is -2.20. The molecular formula is C8H12N4O3. The molecule has 0 radical (unpaired) electrons. The van der Waals surface area contributed by atoms with Gasteiger partial charge in [-0.15, -0.1) is 0 Å². The molecular weight excluding hydrogens is 200 g/mol. The molecule has 1 aromatic rings. The molecule has 0 aromatic carbocycles. The van der Waals surface area contributed by atoms with Crippen LogP contribution in [0.15, 0.2) is 6.20 Å². The lowest BCUT2D eigenvalue weighted by molar-refractivity contribution is -0.385. The Hall–Kier alpha value is -1.92. The predicted molar refractivity (Wildman–Crippen MR) is 52.3 cm³/mol. The molecule has 0 aliphatic carbocycles. The monoisotopic (exact) mass is 212 g/mol. The van der Waals surface area contributed by atoms with Crippen molar-refractivity contribution in [1.29, 1.82) is 0 Å². The number of nitro groups is 1. The van der Waals surface area contributed by atoms with Crippen LogP contribution in [0.4, 0.5) is 5.69 Å². The van der Waals surface area contributed by atoms with E-state index in [4.69, 9.17) is 0 Å². The molecule has 0 unspecified atom stereocenters. The summed E-state index contributed by atoms with van der Waals surface area (Å²) < 4.78 is 1.45. The van der Waals surface area contributed by atoms with Gasteiger partial charge in [-0.2, -0.15) is 5.10 Å². The zero-order chi connectivity index (χ0) is 11.4. The lowest BCUT2D eigenvalue weighted by Gasteiger charge is -2.02. The highest BCUT2D eigenvalue weighted by molar-refractivity contribution is 5.75. The second-order valence-corrected chi connectivity index (χ2v) is 3.02. The minimum absolute atomic E-state index is 0.0214. The third-order valence-corrected chi connectivity index (χ3v) is 2.10. The van der Waals surface area contributed by atoms with Crippen molar-refractivity contribution in [2.45, 2.75) is 19.9 Å². The summed E-state index contributed by atoms with van der Waals surface area (Å²) in [5, 5.41) is 16.8. The topological polar surface area (TPSA) is 90.1 Å². The van der Waals surface area contributed by atoms with Crippen molar-refractivity contribution >= 4 is 11.6 Å². The first-order valence-electron chi connectivity index (χ1n) is 4.43. The summed E-state index contributed by atoms with van der Waals surface area (Å²) in [4.78, 5) is 21.0. The van der Waals surface area contributed by atoms with Crippen LogP contribution in [0, 0.1) is 17.0 Å². The second-order valence-electron chi connectivity index (χ2n) is 3.02. The number of rotatable bonds is 4. The summed E-state index contributed by atoms with van der Waals surface area (Å²) >= 11 is 0. The Balaban J connectivity index is 2.71. The molecule has 82 valence electrons. The first-order valence-corrected chi connectivity index (χ1v) is 4.43. The molecule has 0 spiro atoms. The lowest BCUT2D eigenvalue weighted by atomic mass is 10.3. The van der Waals surface area contributed by atoms with Gasteiger partial charge in [-0.25, -0.2) is 0 Å². The van der Waals surface area contributed by atoms with Gasteiger partial charge in [-0.3, -0.25) is 19.6 Å². The molecule has 0 saturated heterocycles. The van der Waals surface area contributed by atoms with Gasteiger partial charge in [0.1, 0.15) is 11.9 Å². The molecule has 7 heteroatoms. The van der Waals surface area contributed by atoms with Crippen molar-refractivity contribution < 1.29 is 9.72 Å². The van der Waals surface area contributed by atoms with Gasteiger partial charge in [0.05, 0.1) is 11.5 Å². The average molecular weight is 212 g/mol. The van der Waals surface area contributed by atoms with Gasteiger partial charge in [0.25, 0.3) is 0 Å². The number of carbonyl (C=O) groups is 1. The van der Waals surface area contributed by atoms with E-state index in [2.05, 4.69) is 10.4 Å². The van der Waals surface area contributed by atoms with E-state index in [1.54, 1.807) is 14.0 Å². The van der Waals surface area contributed by atoms with Crippen LogP contribution in [0.25, 0.3) is 0 Å². The van der Waals surface area contributed by atoms with E-state index in [0.29, 0.717) is 12.2 Å². The molecule has 15 heavy (non-hydrogen) atoms. The Kier molecular flexibility index (Phi) is 3.37. The minimum Gasteiger partial charge on any atom is -0.359 e. The van der Waals surface area contributed by atoms with Crippen molar-refractivity contribution in [1.82, 2.24) is 15.1 Å². The van der Waals surface area contributed by atoms with Crippen molar-refractivity contribution in [3.63, 3.8) is 0 Å². The van der Waals surface area contributed by atoms with Gasteiger partial charge in [0.2, 0.25) is 5.91 Å². The van der Waals surface area contributed by atoms with Crippen LogP contribution in [0.3, 0.4) is 0 Å². The fourth-order valence-electron chi connectivity index (χ4n) is 1.17. The molecule has 1 heterocycles. The van der Waals surface area contributed by atoms with Crippen molar-refractivity contribution in [3.05, 3.63) is 22.0 Å². The number of aromatic nitrogens is 2. The van der Waals surface area contributed by atoms with Gasteiger partial charge in [-0.1, -0.05) is 0 Å². The van der Waals surface area contributed by atoms with Crippen molar-refractivity contribution in [3.8, 4) is 0 Å². The Bertz CT molecular complexity index is 385. The quantitative estimate of drug-likeness (QED) is 0.571. The number of carbonyl (C=O) groups excluding carboxylic acids is 1. The molecule has 0 atom stereocenters. The van der Waals surface area contributed by atoms with E-state index in [1.807, 2.05) is 0 Å². The molecule has 0 bridgehead atoms. The van der Waals surface area contributed by atoms with E-state index in [9.17, 15) is 14.9 Å². The number of aryl methyl sites for hydroxylation is 1. The van der Waals surface area contributed by atoms with E-state index < -0.39 is 4.92 Å². The van der Waals surface area contributed by atoms with Crippen molar-refractivity contribution in [2.24, 2.45) is 0 Å². The van der Waals surface area contributed by atoms with E-state index >= 15 is 0 Å². The SMILES string of the molecule is CNC(=O)CCn1ncc([N+](=O)[O-])c1C. The maximum absolute atomic E-state index is 11.0. The van der Waals surface area contributed by atoms with Gasteiger partial charge >= 0.3 is 5.69 Å². The molecule has 1 N–H and O–H groups in total. The highest BCUT2D eigenvalue weighted by Gasteiger charge is 2.16. The first kappa shape index (κ1) is 11.2. The van der Waals surface area contributed by atoms with Gasteiger partial charge in [0, 0.05) is 13.5 Å². The van der Waals surface area contributed by atoms with Crippen LogP contribution < -0.4 is 5.32 Å². The van der Waals surface area contributed by atoms with Gasteiger partial charge in [0.15, 0.2) is 0 Å². The highest BCUT2D eigenvalue weighted by Crippen LogP contribution is 2.15. The normalized spacial score (nSPS) is 10.0. The predicted octanol–water partition coefficient (Wildman–Crippen LogP) is 0.236. The Morgan fingerprint density at radius 3 is 2.87 bits per heavy atom. The fraction of sp³-hybridized carbons (Fsp3) is 0.500. The number of nitrogens with zero attached hydrogens (tertiary/aromatic N) is 3. The third-order valence-electron chi connectivity index (χ3n) is 2.10. The smallest absolute Gasteiger partial charge is 0.309 e. The summed E-state index contributed by atoms with van der Waals surface area (Å²) in [6.07, 6.45) is 1.45. The largest absolute Gasteiger partial charge is 0.359 e. The van der Waals surface area contributed by atoms with Gasteiger partial charge < -0.3 is 5.32 Å². The minimum atomic E-state index is -0.487. The molecule has 1 amide bonds. The van der Waals surface area contributed by atoms with Crippen molar-refractivity contribution in [2.75, 3.05) is 7.05 Å². The standard InChI is InChI=1S/C8H12N4O3/c1-6-7(12(14)15)5-10-11(6)4-3-8(13)9-2/h5H,3-4H2,1-2H3,(H,9,13). The molecule has 0 fully saturated rings. The molecule has 0 aliphatic rings. The number of amides is 1. The van der Waals surface area contributed by atoms with Crippen LogP contribution in [-0.2, 0) is 11.3 Å². The highest BCUT2D eigenvalue weighted by atomic mass is 16.6. The molecule has 7 nitrogen and oxygen atoms in total. The Morgan fingerprint density at radius 1 is 1.73 bits per heavy atom. The summed E-state index contributed by atoms with van der Waals surface area (Å²) in [6, 6.07) is 0. The van der Waals surface area contributed by atoms with E-state index in [0.717, 1.165) is 0 Å². The molecule has 0 saturated carbocycles. The fourth-order valence-corrected chi connectivity index (χ4v) is 1.17. The number of hydrogen-bond donors (Lipinski definition) is 1. The van der Waals surface area contributed by atoms with E-state index in [-0.39, 0.29) is 18.0 Å². The van der Waals surface area contributed by atoms with Gasteiger partial charge in [-0.05, 0) is 6.92 Å². The van der Waals surface area contributed by atoms with Crippen LogP contribution >= 0.6 is 0 Å². The third kappa shape index (κ3) is 2.52. The summed E-state index contributed by atoms with van der Waals surface area (Å²) in [6.45, 7) is 1.95. The average Bonchev–Trinajstić information content (AvgIpc) is 2.56. The second kappa shape index (κ2) is 4.54. The van der Waals surface area contributed by atoms with Crippen LogP contribution in [0.5, 0.6) is 0 Å². The maximum Gasteiger partial charge on any atom is 0.309 e. The zero-order valence-corrected chi connectivity index (χ0v) is 8.56. The number of nitrogens with one attached hydrogen (secondary N) is 1. The van der Waals surface area contributed by atoms with Crippen LogP contribution in [0.1, 0.15) is 12.1 Å². The Morgan fingerprint density at radius 2 is 2.40 bits per heavy atom. The van der Waals surface area contributed by atoms with E-state index in [1.165, 1.54) is 10.9 Å². The summed E-state index contributed by atoms with van der Waals surface area (Å²) in [5.41, 5.74) is 0.441. The van der Waals surface area contributed by atoms with Crippen LogP contribution in [0.2, 0.25) is 0 Å². The summed E-state index contributed by atoms with van der Waals surface area (Å²) in [7, 11) is 1.54. The molecule has 1 aromatic heterocycles. The maximum atomic E-state index is 11.0. The Labute approximate surface area is 86.2 Å². The summed E-state index contributed by atoms with van der Waals surface area (Å²) in [5.74, 6) is -0.118.